The number of rotatable bonds is 7. The number of sulfone groups is 1. The lowest BCUT2D eigenvalue weighted by atomic mass is 9.83. The fourth-order valence-electron chi connectivity index (χ4n) is 5.52. The number of thiophene rings is 1. The second-order valence-electron chi connectivity index (χ2n) is 10.7. The Hall–Kier alpha value is -2.94. The normalized spacial score (nSPS) is 19.8. The van der Waals surface area contributed by atoms with Gasteiger partial charge < -0.3 is 10.1 Å². The SMILES string of the molecule is CCS(=O)(=O)c1ccc(CNC(=O)c2cc3c(s2)C2(CCN([C@H](C)c4cnc(C(F)(F)F)nc4)CC2)O[C@@H](C)C3)nc1. The molecule has 226 valence electrons. The lowest BCUT2D eigenvalue weighted by molar-refractivity contribution is -0.145. The topological polar surface area (TPSA) is 114 Å². The number of hydrogen-bond acceptors (Lipinski definition) is 9. The first-order chi connectivity index (χ1) is 19.8. The van der Waals surface area contributed by atoms with Gasteiger partial charge in [0.05, 0.1) is 33.9 Å². The van der Waals surface area contributed by atoms with Crippen LogP contribution in [0.3, 0.4) is 0 Å². The van der Waals surface area contributed by atoms with Crippen LogP contribution in [-0.2, 0) is 39.3 Å². The molecule has 1 spiro atoms. The smallest absolute Gasteiger partial charge is 0.366 e. The van der Waals surface area contributed by atoms with E-state index in [4.69, 9.17) is 4.74 Å². The number of carbonyl (C=O) groups is 1. The van der Waals surface area contributed by atoms with E-state index in [1.807, 2.05) is 19.9 Å². The molecule has 0 aliphatic carbocycles. The van der Waals surface area contributed by atoms with Crippen molar-refractivity contribution in [2.24, 2.45) is 0 Å². The average molecular weight is 624 g/mol. The minimum atomic E-state index is -4.58. The molecule has 5 rings (SSSR count). The maximum absolute atomic E-state index is 13.1. The van der Waals surface area contributed by atoms with Crippen LogP contribution in [-0.4, -0.2) is 59.1 Å². The molecule has 2 atom stereocenters. The summed E-state index contributed by atoms with van der Waals surface area (Å²) in [5, 5.41) is 2.88. The van der Waals surface area contributed by atoms with Gasteiger partial charge in [0, 0.05) is 48.2 Å². The largest absolute Gasteiger partial charge is 0.451 e. The molecule has 1 fully saturated rings. The molecular formula is C28H32F3N5O4S2. The zero-order chi connectivity index (χ0) is 30.3. The van der Waals surface area contributed by atoms with E-state index in [0.29, 0.717) is 48.5 Å². The van der Waals surface area contributed by atoms with Crippen molar-refractivity contribution in [3.63, 3.8) is 0 Å². The molecule has 1 amide bonds. The van der Waals surface area contributed by atoms with Gasteiger partial charge in [-0.2, -0.15) is 13.2 Å². The quantitative estimate of drug-likeness (QED) is 0.403. The second kappa shape index (κ2) is 11.6. The van der Waals surface area contributed by atoms with Crippen LogP contribution in [0, 0.1) is 0 Å². The highest BCUT2D eigenvalue weighted by molar-refractivity contribution is 7.91. The highest BCUT2D eigenvalue weighted by atomic mass is 32.2. The summed E-state index contributed by atoms with van der Waals surface area (Å²) in [4.78, 5) is 28.2. The predicted molar refractivity (Wildman–Crippen MR) is 150 cm³/mol. The van der Waals surface area contributed by atoms with E-state index in [9.17, 15) is 26.4 Å². The van der Waals surface area contributed by atoms with E-state index >= 15 is 0 Å². The molecule has 5 heterocycles. The number of carbonyl (C=O) groups excluding carboxylic acids is 1. The van der Waals surface area contributed by atoms with Crippen LogP contribution >= 0.6 is 11.3 Å². The lowest BCUT2D eigenvalue weighted by Crippen LogP contribution is -2.48. The number of fused-ring (bicyclic) bond motifs is 2. The molecule has 0 unspecified atom stereocenters. The molecule has 2 aliphatic heterocycles. The van der Waals surface area contributed by atoms with Gasteiger partial charge in [-0.25, -0.2) is 18.4 Å². The molecular weight excluding hydrogens is 591 g/mol. The minimum Gasteiger partial charge on any atom is -0.366 e. The van der Waals surface area contributed by atoms with E-state index in [2.05, 4.69) is 25.2 Å². The monoisotopic (exact) mass is 623 g/mol. The Morgan fingerprint density at radius 2 is 1.88 bits per heavy atom. The molecule has 3 aromatic rings. The fourth-order valence-corrected chi connectivity index (χ4v) is 7.64. The summed E-state index contributed by atoms with van der Waals surface area (Å²) in [5.74, 6) is -1.40. The Kier molecular flexibility index (Phi) is 8.45. The van der Waals surface area contributed by atoms with Crippen molar-refractivity contribution in [2.75, 3.05) is 18.8 Å². The van der Waals surface area contributed by atoms with E-state index < -0.39 is 27.4 Å². The van der Waals surface area contributed by atoms with Crippen LogP contribution in [0.4, 0.5) is 13.2 Å². The molecule has 14 heteroatoms. The lowest BCUT2D eigenvalue weighted by Gasteiger charge is -2.47. The van der Waals surface area contributed by atoms with Crippen LogP contribution in [0.5, 0.6) is 0 Å². The number of pyridine rings is 1. The van der Waals surface area contributed by atoms with Gasteiger partial charge in [0.15, 0.2) is 9.84 Å². The van der Waals surface area contributed by atoms with Gasteiger partial charge in [0.1, 0.15) is 5.60 Å². The van der Waals surface area contributed by atoms with Crippen LogP contribution < -0.4 is 5.32 Å². The maximum atomic E-state index is 13.1. The summed E-state index contributed by atoms with van der Waals surface area (Å²) in [6.45, 7) is 6.99. The van der Waals surface area contributed by atoms with Crippen molar-refractivity contribution in [3.8, 4) is 0 Å². The molecule has 0 aromatic carbocycles. The molecule has 0 bridgehead atoms. The first-order valence-electron chi connectivity index (χ1n) is 13.7. The second-order valence-corrected chi connectivity index (χ2v) is 14.0. The summed E-state index contributed by atoms with van der Waals surface area (Å²) in [5.41, 5.74) is 1.72. The van der Waals surface area contributed by atoms with Crippen molar-refractivity contribution in [1.29, 1.82) is 0 Å². The van der Waals surface area contributed by atoms with Crippen molar-refractivity contribution >= 4 is 27.1 Å². The van der Waals surface area contributed by atoms with Gasteiger partial charge in [0.25, 0.3) is 5.91 Å². The van der Waals surface area contributed by atoms with Gasteiger partial charge in [-0.15, -0.1) is 11.3 Å². The number of nitrogens with zero attached hydrogens (tertiary/aromatic N) is 4. The number of ether oxygens (including phenoxy) is 1. The van der Waals surface area contributed by atoms with Crippen LogP contribution in [0.25, 0.3) is 0 Å². The Labute approximate surface area is 246 Å². The van der Waals surface area contributed by atoms with Crippen molar-refractivity contribution in [1.82, 2.24) is 25.2 Å². The van der Waals surface area contributed by atoms with Crippen LogP contribution in [0.1, 0.15) is 76.8 Å². The number of halogens is 3. The van der Waals surface area contributed by atoms with Crippen LogP contribution in [0.15, 0.2) is 41.7 Å². The van der Waals surface area contributed by atoms with Gasteiger partial charge in [0.2, 0.25) is 5.82 Å². The summed E-state index contributed by atoms with van der Waals surface area (Å²) in [7, 11) is -3.34. The highest BCUT2D eigenvalue weighted by Crippen LogP contribution is 2.48. The zero-order valence-electron chi connectivity index (χ0n) is 23.4. The molecule has 3 aromatic heterocycles. The first-order valence-corrected chi connectivity index (χ1v) is 16.2. The van der Waals surface area contributed by atoms with E-state index in [0.717, 1.165) is 10.4 Å². The number of likely N-dealkylation sites (tertiary alicyclic amines) is 1. The Morgan fingerprint density at radius 1 is 1.19 bits per heavy atom. The molecule has 1 saturated heterocycles. The summed E-state index contributed by atoms with van der Waals surface area (Å²) in [6.07, 6.45) is 1.22. The third-order valence-electron chi connectivity index (χ3n) is 7.91. The van der Waals surface area contributed by atoms with Crippen molar-refractivity contribution in [3.05, 3.63) is 69.2 Å². The van der Waals surface area contributed by atoms with Gasteiger partial charge in [-0.1, -0.05) is 6.92 Å². The molecule has 42 heavy (non-hydrogen) atoms. The summed E-state index contributed by atoms with van der Waals surface area (Å²) in [6, 6.07) is 4.85. The third-order valence-corrected chi connectivity index (χ3v) is 11.0. The number of alkyl halides is 3. The molecule has 9 nitrogen and oxygen atoms in total. The minimum absolute atomic E-state index is 0.0111. The first kappa shape index (κ1) is 30.5. The molecule has 0 radical (unpaired) electrons. The summed E-state index contributed by atoms with van der Waals surface area (Å²) < 4.78 is 69.2. The molecule has 0 saturated carbocycles. The molecule has 1 N–H and O–H groups in total. The number of aromatic nitrogens is 3. The maximum Gasteiger partial charge on any atom is 0.451 e. The fraction of sp³-hybridized carbons (Fsp3) is 0.500. The standard InChI is InChI=1S/C28H32F3N5O4S2/c1-4-42(38,39)22-6-5-21(32-16-22)15-33-25(37)23-12-19-11-17(2)40-27(24(19)41-23)7-9-36(10-8-27)18(3)20-13-34-26(35-14-20)28(29,30)31/h5-6,12-14,16-18H,4,7-11,15H2,1-3H3,(H,33,37)/t17-,18+/m0/s1. The molecule has 2 aliphatic rings. The summed E-state index contributed by atoms with van der Waals surface area (Å²) >= 11 is 1.42. The van der Waals surface area contributed by atoms with Gasteiger partial charge in [-0.05, 0) is 56.9 Å². The zero-order valence-corrected chi connectivity index (χ0v) is 25.1. The van der Waals surface area contributed by atoms with Gasteiger partial charge in [-0.3, -0.25) is 14.7 Å². The Bertz CT molecular complexity index is 1530. The van der Waals surface area contributed by atoms with E-state index in [-0.39, 0.29) is 35.2 Å². The third kappa shape index (κ3) is 6.21. The Balaban J connectivity index is 1.25. The van der Waals surface area contributed by atoms with Crippen molar-refractivity contribution < 1.29 is 31.1 Å². The highest BCUT2D eigenvalue weighted by Gasteiger charge is 2.45. The number of amides is 1. The average Bonchev–Trinajstić information content (AvgIpc) is 3.41. The van der Waals surface area contributed by atoms with E-state index in [1.165, 1.54) is 36.0 Å². The number of nitrogens with one attached hydrogen (secondary N) is 1. The van der Waals surface area contributed by atoms with Crippen molar-refractivity contribution in [2.45, 2.75) is 75.4 Å². The van der Waals surface area contributed by atoms with Gasteiger partial charge >= 0.3 is 6.18 Å². The Morgan fingerprint density at radius 3 is 2.48 bits per heavy atom. The predicted octanol–water partition coefficient (Wildman–Crippen LogP) is 4.69. The van der Waals surface area contributed by atoms with E-state index in [1.54, 1.807) is 13.0 Å². The number of hydrogen-bond donors (Lipinski definition) is 1. The van der Waals surface area contributed by atoms with Crippen LogP contribution in [0.2, 0.25) is 0 Å². The number of piperidine rings is 1.